The molecular formula is C34H54N2O6Si. The Hall–Kier alpha value is -2.88. The lowest BCUT2D eigenvalue weighted by Crippen LogP contribution is -2.60. The number of hydrazine groups is 1. The predicted octanol–water partition coefficient (Wildman–Crippen LogP) is 8.36. The van der Waals surface area contributed by atoms with E-state index in [1.54, 1.807) is 0 Å². The molecule has 43 heavy (non-hydrogen) atoms. The molecule has 0 saturated heterocycles. The molecule has 0 bridgehead atoms. The Balaban J connectivity index is 2.26. The van der Waals surface area contributed by atoms with Gasteiger partial charge in [-0.25, -0.2) is 20.0 Å². The number of ether oxygens (including phenoxy) is 2. The van der Waals surface area contributed by atoms with Crippen LogP contribution in [0.5, 0.6) is 0 Å². The number of benzene rings is 2. The molecule has 9 heteroatoms. The number of carbonyl (C=O) groups excluding carboxylic acids is 2. The van der Waals surface area contributed by atoms with Crippen molar-refractivity contribution in [2.45, 2.75) is 123 Å². The second-order valence-electron chi connectivity index (χ2n) is 12.7. The normalized spacial score (nSPS) is 13.2. The molecule has 2 aromatic rings. The van der Waals surface area contributed by atoms with Crippen LogP contribution in [0.15, 0.2) is 60.7 Å². The summed E-state index contributed by atoms with van der Waals surface area (Å²) in [5, 5.41) is 11.7. The van der Waals surface area contributed by atoms with Crippen LogP contribution >= 0.6 is 0 Å². The third kappa shape index (κ3) is 13.1. The van der Waals surface area contributed by atoms with E-state index < -0.39 is 39.3 Å². The van der Waals surface area contributed by atoms with Crippen molar-refractivity contribution in [3.05, 3.63) is 71.8 Å². The van der Waals surface area contributed by atoms with E-state index in [-0.39, 0.29) is 18.3 Å². The zero-order valence-corrected chi connectivity index (χ0v) is 28.1. The molecule has 0 aromatic heterocycles. The van der Waals surface area contributed by atoms with Gasteiger partial charge in [-0.15, -0.1) is 0 Å². The molecule has 2 atom stereocenters. The molecule has 0 spiro atoms. The summed E-state index contributed by atoms with van der Waals surface area (Å²) < 4.78 is 17.9. The standard InChI is InChI=1S/C34H54N2O6Si/c1-7-8-9-10-11-12-19-24-31(42-43(5,6)34(2,3)4)30(25-37)36(33(39)41-27-29-22-17-14-18-23-29)35-32(38)40-26-28-20-15-13-16-21-28/h13-18,20-23,30-31,37H,7-12,19,24-27H2,1-6H3,(H,35,38)/t30-,31+/m1/s1. The molecule has 0 aliphatic heterocycles. The summed E-state index contributed by atoms with van der Waals surface area (Å²) in [6.07, 6.45) is 6.43. The van der Waals surface area contributed by atoms with Crippen molar-refractivity contribution in [3.8, 4) is 0 Å². The minimum atomic E-state index is -2.32. The van der Waals surface area contributed by atoms with Crippen LogP contribution in [0.2, 0.25) is 18.1 Å². The molecular weight excluding hydrogens is 560 g/mol. The first-order valence-corrected chi connectivity index (χ1v) is 18.6. The molecule has 2 rings (SSSR count). The molecule has 0 radical (unpaired) electrons. The smallest absolute Gasteiger partial charge is 0.429 e. The van der Waals surface area contributed by atoms with E-state index in [0.717, 1.165) is 35.4 Å². The quantitative estimate of drug-likeness (QED) is 0.106. The SMILES string of the molecule is CCCCCCCCC[C@H](O[Si](C)(C)C(C)(C)C)[C@@H](CO)N(NC(=O)OCc1ccccc1)C(=O)OCc1ccccc1. The summed E-state index contributed by atoms with van der Waals surface area (Å²) in [4.78, 5) is 26.5. The largest absolute Gasteiger partial charge is 0.443 e. The van der Waals surface area contributed by atoms with Crippen molar-refractivity contribution in [1.82, 2.24) is 10.4 Å². The summed E-state index contributed by atoms with van der Waals surface area (Å²) >= 11 is 0. The van der Waals surface area contributed by atoms with E-state index in [4.69, 9.17) is 13.9 Å². The average Bonchev–Trinajstić information content (AvgIpc) is 2.98. The first-order chi connectivity index (χ1) is 20.5. The minimum Gasteiger partial charge on any atom is -0.443 e. The minimum absolute atomic E-state index is 0.0145. The number of amides is 2. The fourth-order valence-electron chi connectivity index (χ4n) is 4.46. The topological polar surface area (TPSA) is 97.3 Å². The molecule has 2 N–H and O–H groups in total. The van der Waals surface area contributed by atoms with Crippen LogP contribution < -0.4 is 5.43 Å². The number of hydrogen-bond acceptors (Lipinski definition) is 6. The highest BCUT2D eigenvalue weighted by Crippen LogP contribution is 2.38. The van der Waals surface area contributed by atoms with Crippen molar-refractivity contribution in [1.29, 1.82) is 0 Å². The van der Waals surface area contributed by atoms with E-state index >= 15 is 0 Å². The summed E-state index contributed by atoms with van der Waals surface area (Å²) in [7, 11) is -2.32. The highest BCUT2D eigenvalue weighted by Gasteiger charge is 2.43. The van der Waals surface area contributed by atoms with Gasteiger partial charge in [0, 0.05) is 0 Å². The van der Waals surface area contributed by atoms with E-state index in [0.29, 0.717) is 6.42 Å². The van der Waals surface area contributed by atoms with Crippen LogP contribution in [0.25, 0.3) is 0 Å². The zero-order valence-electron chi connectivity index (χ0n) is 27.1. The first-order valence-electron chi connectivity index (χ1n) is 15.7. The Labute approximate surface area is 260 Å². The van der Waals surface area contributed by atoms with Gasteiger partial charge >= 0.3 is 12.2 Å². The molecule has 0 aliphatic rings. The summed E-state index contributed by atoms with van der Waals surface area (Å²) in [5.74, 6) is 0. The van der Waals surface area contributed by atoms with Crippen LogP contribution in [0.3, 0.4) is 0 Å². The van der Waals surface area contributed by atoms with Gasteiger partial charge in [-0.05, 0) is 35.7 Å². The van der Waals surface area contributed by atoms with Crippen LogP contribution in [0, 0.1) is 0 Å². The van der Waals surface area contributed by atoms with Crippen molar-refractivity contribution in [2.24, 2.45) is 0 Å². The van der Waals surface area contributed by atoms with Crippen LogP contribution in [-0.4, -0.2) is 49.4 Å². The highest BCUT2D eigenvalue weighted by molar-refractivity contribution is 6.74. The number of rotatable bonds is 17. The van der Waals surface area contributed by atoms with E-state index in [1.807, 2.05) is 60.7 Å². The Morgan fingerprint density at radius 2 is 1.35 bits per heavy atom. The summed E-state index contributed by atoms with van der Waals surface area (Å²) in [6, 6.07) is 17.7. The van der Waals surface area contributed by atoms with E-state index in [2.05, 4.69) is 46.2 Å². The lowest BCUT2D eigenvalue weighted by Gasteiger charge is -2.43. The summed E-state index contributed by atoms with van der Waals surface area (Å²) in [6.45, 7) is 12.6. The number of nitrogens with zero attached hydrogens (tertiary/aromatic N) is 1. The van der Waals surface area contributed by atoms with Gasteiger partial charge in [0.2, 0.25) is 0 Å². The third-order valence-electron chi connectivity index (χ3n) is 8.12. The molecule has 0 saturated carbocycles. The van der Waals surface area contributed by atoms with Crippen LogP contribution in [0.4, 0.5) is 9.59 Å². The fraction of sp³-hybridized carbons (Fsp3) is 0.588. The van der Waals surface area contributed by atoms with Gasteiger partial charge in [-0.2, -0.15) is 0 Å². The van der Waals surface area contributed by atoms with Crippen molar-refractivity contribution < 1.29 is 28.6 Å². The second-order valence-corrected chi connectivity index (χ2v) is 17.4. The number of hydrogen-bond donors (Lipinski definition) is 2. The molecule has 0 unspecified atom stereocenters. The van der Waals surface area contributed by atoms with Gasteiger partial charge in [-0.1, -0.05) is 133 Å². The number of nitrogens with one attached hydrogen (secondary N) is 1. The van der Waals surface area contributed by atoms with Gasteiger partial charge in [0.25, 0.3) is 0 Å². The predicted molar refractivity (Wildman–Crippen MR) is 174 cm³/mol. The lowest BCUT2D eigenvalue weighted by molar-refractivity contribution is -0.0140. The molecule has 0 fully saturated rings. The van der Waals surface area contributed by atoms with Crippen LogP contribution in [0.1, 0.15) is 90.2 Å². The van der Waals surface area contributed by atoms with Gasteiger partial charge in [0.15, 0.2) is 8.32 Å². The maximum atomic E-state index is 13.5. The second kappa shape index (κ2) is 18.7. The Morgan fingerprint density at radius 1 is 0.837 bits per heavy atom. The zero-order chi connectivity index (χ0) is 31.7. The Kier molecular flexibility index (Phi) is 15.8. The van der Waals surface area contributed by atoms with E-state index in [1.165, 1.54) is 25.7 Å². The van der Waals surface area contributed by atoms with Gasteiger partial charge in [0.05, 0.1) is 12.7 Å². The number of carbonyl (C=O) groups is 2. The molecule has 2 amide bonds. The number of aliphatic hydroxyl groups excluding tert-OH is 1. The monoisotopic (exact) mass is 614 g/mol. The van der Waals surface area contributed by atoms with Gasteiger partial charge < -0.3 is 19.0 Å². The van der Waals surface area contributed by atoms with E-state index in [9.17, 15) is 14.7 Å². The Morgan fingerprint density at radius 3 is 1.86 bits per heavy atom. The van der Waals surface area contributed by atoms with Crippen molar-refractivity contribution in [2.75, 3.05) is 6.61 Å². The maximum Gasteiger partial charge on any atom is 0.429 e. The molecule has 0 aliphatic carbocycles. The molecule has 8 nitrogen and oxygen atoms in total. The molecule has 0 heterocycles. The summed E-state index contributed by atoms with van der Waals surface area (Å²) in [5.41, 5.74) is 4.20. The number of aliphatic hydroxyl groups is 1. The van der Waals surface area contributed by atoms with Crippen LogP contribution in [-0.2, 0) is 27.1 Å². The van der Waals surface area contributed by atoms with Gasteiger partial charge in [-0.3, -0.25) is 0 Å². The Bertz CT molecular complexity index is 1060. The fourth-order valence-corrected chi connectivity index (χ4v) is 5.85. The maximum absolute atomic E-state index is 13.5. The molecule has 240 valence electrons. The third-order valence-corrected chi connectivity index (χ3v) is 12.6. The lowest BCUT2D eigenvalue weighted by atomic mass is 10.0. The average molecular weight is 615 g/mol. The number of unbranched alkanes of at least 4 members (excludes halogenated alkanes) is 6. The van der Waals surface area contributed by atoms with Crippen molar-refractivity contribution >= 4 is 20.5 Å². The first kappa shape index (κ1) is 36.3. The molecule has 2 aromatic carbocycles. The highest BCUT2D eigenvalue weighted by atomic mass is 28.4. The van der Waals surface area contributed by atoms with Gasteiger partial charge in [0.1, 0.15) is 19.3 Å². The van der Waals surface area contributed by atoms with Crippen molar-refractivity contribution in [3.63, 3.8) is 0 Å².